The Bertz CT molecular complexity index is 3510. The van der Waals surface area contributed by atoms with Gasteiger partial charge in [-0.15, -0.1) is 0 Å². The standard InChI is InChI=1S/C79H118F6N12O14/c1-14-51(6)71-77(109)91(9)46-69(102)89(7)47-70(103)95(13)64(40-52-23-17-15-18-24-52)75(107)90(8)45-65(98)87-60(33-29-53-28-32-58(59(80)39-53)79(83,84)85)74(106)97-44-57(110-48-54-26-30-56(31-27-54)111-78(81)82)43-62(97)72(104)86-34-20-19-25-66(99)94(12)63(38-50(4)5)76(108)92(10)55(42-68(101)96-35-21-16-22-36-96)41-67(100)93(11)61(37-49(2)3)73(105)88-71/h26-28,30-32,39,49-52,55,57,60-64,71,78H,14-25,29,33-38,40-48H2,1-13H3,(H,86,104)(H,87,98)(H,88,105)/t51-,55-,57?,60-,61-,62-,63-,64-,71?/m0/s1. The summed E-state index contributed by atoms with van der Waals surface area (Å²) in [4.78, 5) is 187. The molecular formula is C79H118F6N12O14. The Hall–Kier alpha value is -8.58. The average molecular weight is 1570 g/mol. The third-order valence-electron chi connectivity index (χ3n) is 21.9. The van der Waals surface area contributed by atoms with Gasteiger partial charge in [0.15, 0.2) is 0 Å². The number of amides is 12. The van der Waals surface area contributed by atoms with Crippen LogP contribution in [0, 0.1) is 29.5 Å². The topological polar surface area (TPSA) is 289 Å². The molecule has 26 nitrogen and oxygen atoms in total. The van der Waals surface area contributed by atoms with E-state index in [-0.39, 0.29) is 119 Å². The highest BCUT2D eigenvalue weighted by Gasteiger charge is 2.45. The molecule has 0 spiro atoms. The fourth-order valence-corrected chi connectivity index (χ4v) is 14.8. The van der Waals surface area contributed by atoms with E-state index >= 15 is 14.0 Å². The highest BCUT2D eigenvalue weighted by atomic mass is 19.4. The molecule has 111 heavy (non-hydrogen) atoms. The molecule has 3 saturated heterocycles. The van der Waals surface area contributed by atoms with Gasteiger partial charge in [0.05, 0.1) is 37.9 Å². The summed E-state index contributed by atoms with van der Waals surface area (Å²) in [6.07, 6.45) is 0.167. The smallest absolute Gasteiger partial charge is 0.419 e. The Kier molecular flexibility index (Phi) is 35.3. The Morgan fingerprint density at radius 3 is 1.82 bits per heavy atom. The lowest BCUT2D eigenvalue weighted by molar-refractivity contribution is -0.149. The summed E-state index contributed by atoms with van der Waals surface area (Å²) in [5.74, 6) is -10.4. The molecule has 2 aromatic carbocycles. The number of hydrogen-bond donors (Lipinski definition) is 3. The maximum Gasteiger partial charge on any atom is 0.419 e. The van der Waals surface area contributed by atoms with Crippen LogP contribution in [0.25, 0.3) is 0 Å². The average Bonchev–Trinajstić information content (AvgIpc) is 1.76. The number of benzene rings is 2. The fourth-order valence-electron chi connectivity index (χ4n) is 14.8. The first-order chi connectivity index (χ1) is 52.3. The van der Waals surface area contributed by atoms with Crippen LogP contribution in [0.2, 0.25) is 0 Å². The van der Waals surface area contributed by atoms with Crippen molar-refractivity contribution in [1.82, 2.24) is 60.0 Å². The monoisotopic (exact) mass is 1570 g/mol. The van der Waals surface area contributed by atoms with Crippen LogP contribution in [0.5, 0.6) is 5.75 Å². The third-order valence-corrected chi connectivity index (χ3v) is 21.9. The first kappa shape index (κ1) is 91.3. The zero-order chi connectivity index (χ0) is 82.3. The zero-order valence-corrected chi connectivity index (χ0v) is 66.9. The van der Waals surface area contributed by atoms with Crippen LogP contribution in [0.15, 0.2) is 42.5 Å². The second kappa shape index (κ2) is 42.9. The Labute approximate surface area is 649 Å². The zero-order valence-electron chi connectivity index (χ0n) is 66.9. The summed E-state index contributed by atoms with van der Waals surface area (Å²) < 4.78 is 93.3. The second-order valence-electron chi connectivity index (χ2n) is 31.4. The quantitative estimate of drug-likeness (QED) is 0.122. The van der Waals surface area contributed by atoms with E-state index in [9.17, 15) is 69.9 Å². The number of fused-ring (bicyclic) bond motifs is 1. The molecule has 620 valence electrons. The minimum absolute atomic E-state index is 0.00398. The van der Waals surface area contributed by atoms with Gasteiger partial charge in [0, 0.05) is 107 Å². The molecule has 4 aliphatic rings. The van der Waals surface area contributed by atoms with E-state index in [0.717, 1.165) is 77.0 Å². The number of nitrogens with zero attached hydrogens (tertiary/aromatic N) is 9. The van der Waals surface area contributed by atoms with Crippen LogP contribution in [0.1, 0.15) is 180 Å². The number of halogens is 6. The highest BCUT2D eigenvalue weighted by Crippen LogP contribution is 2.34. The van der Waals surface area contributed by atoms with E-state index < -0.39 is 170 Å². The largest absolute Gasteiger partial charge is 0.435 e. The van der Waals surface area contributed by atoms with Crippen LogP contribution in [-0.4, -0.2) is 265 Å². The predicted molar refractivity (Wildman–Crippen MR) is 401 cm³/mol. The number of alkyl halides is 5. The van der Waals surface area contributed by atoms with Crippen molar-refractivity contribution in [3.8, 4) is 5.75 Å². The van der Waals surface area contributed by atoms with Crippen LogP contribution in [0.4, 0.5) is 26.3 Å². The van der Waals surface area contributed by atoms with E-state index in [1.165, 1.54) is 93.2 Å². The minimum Gasteiger partial charge on any atom is -0.435 e. The minimum atomic E-state index is -5.04. The molecular weight excluding hydrogens is 1450 g/mol. The summed E-state index contributed by atoms with van der Waals surface area (Å²) in [6.45, 7) is 6.53. The van der Waals surface area contributed by atoms with Gasteiger partial charge in [0.25, 0.3) is 0 Å². The number of likely N-dealkylation sites (tertiary alicyclic amines) is 1. The molecule has 0 radical (unpaired) electrons. The lowest BCUT2D eigenvalue weighted by Crippen LogP contribution is -2.58. The second-order valence-corrected chi connectivity index (χ2v) is 31.4. The van der Waals surface area contributed by atoms with Crippen molar-refractivity contribution in [2.45, 2.75) is 238 Å². The number of likely N-dealkylation sites (N-methyl/N-ethyl adjacent to an activating group) is 7. The van der Waals surface area contributed by atoms with Crippen molar-refractivity contribution in [3.05, 3.63) is 65.0 Å². The summed E-state index contributed by atoms with van der Waals surface area (Å²) in [5, 5.41) is 8.41. The van der Waals surface area contributed by atoms with Gasteiger partial charge in [-0.1, -0.05) is 98.3 Å². The molecule has 3 N–H and O–H groups in total. The van der Waals surface area contributed by atoms with Gasteiger partial charge >= 0.3 is 12.8 Å². The van der Waals surface area contributed by atoms with Crippen molar-refractivity contribution in [2.24, 2.45) is 23.7 Å². The maximum absolute atomic E-state index is 15.3. The van der Waals surface area contributed by atoms with Crippen LogP contribution in [-0.2, 0) is 81.5 Å². The molecule has 1 aliphatic carbocycles. The number of rotatable bonds is 18. The van der Waals surface area contributed by atoms with Gasteiger partial charge < -0.3 is 69.5 Å². The summed E-state index contributed by atoms with van der Waals surface area (Å²) in [6, 6.07) is -0.929. The van der Waals surface area contributed by atoms with Crippen molar-refractivity contribution in [2.75, 3.05) is 95.1 Å². The highest BCUT2D eigenvalue weighted by molar-refractivity contribution is 5.97. The number of carbonyl (C=O) groups is 12. The van der Waals surface area contributed by atoms with Crippen molar-refractivity contribution in [3.63, 3.8) is 0 Å². The van der Waals surface area contributed by atoms with Gasteiger partial charge in [-0.05, 0) is 123 Å². The molecule has 3 aliphatic heterocycles. The number of hydrogen-bond acceptors (Lipinski definition) is 14. The molecule has 6 rings (SSSR count). The van der Waals surface area contributed by atoms with Crippen LogP contribution >= 0.6 is 0 Å². The van der Waals surface area contributed by atoms with Gasteiger partial charge in [0.1, 0.15) is 47.8 Å². The number of ether oxygens (including phenoxy) is 2. The molecule has 1 saturated carbocycles. The number of carbonyl (C=O) groups excluding carboxylic acids is 12. The predicted octanol–water partition coefficient (Wildman–Crippen LogP) is 7.42. The number of piperidine rings is 1. The summed E-state index contributed by atoms with van der Waals surface area (Å²) in [5.41, 5.74) is -1.04. The molecule has 32 heteroatoms. The van der Waals surface area contributed by atoms with E-state index in [2.05, 4.69) is 20.7 Å². The van der Waals surface area contributed by atoms with E-state index in [1.807, 2.05) is 34.6 Å². The van der Waals surface area contributed by atoms with Gasteiger partial charge in [0.2, 0.25) is 70.9 Å². The summed E-state index contributed by atoms with van der Waals surface area (Å²) >= 11 is 0. The molecule has 0 aromatic heterocycles. The SMILES string of the molecule is CC[C@H](C)C1NC(=O)[C@H](CC(C)C)N(C)C(=O)C[C@@H](CC(=O)N2CCCCC2)N(C)C(=O)[C@H](CC(C)C)N(C)C(=O)CCCCNC(=O)[C@@H]2CC(OCc3ccc(OC(F)F)cc3)CN2C(=O)[C@H](CCc2ccc(C(F)(F)F)c(F)c2)NC(=O)CN(C)C(=O)[C@H](CC2CCCCC2)N(C)C(=O)CN(C)C(=O)CN(C)C1=O. The van der Waals surface area contributed by atoms with E-state index in [4.69, 9.17) is 4.74 Å². The Morgan fingerprint density at radius 2 is 1.21 bits per heavy atom. The molecule has 9 atom stereocenters. The Balaban J connectivity index is 1.38. The number of aryl methyl sites for hydroxylation is 1. The normalized spacial score (nSPS) is 24.4. The lowest BCUT2D eigenvalue weighted by Gasteiger charge is -2.38. The number of nitrogens with one attached hydrogen (secondary N) is 3. The molecule has 12 amide bonds. The van der Waals surface area contributed by atoms with Gasteiger partial charge in [-0.2, -0.15) is 22.0 Å². The van der Waals surface area contributed by atoms with Gasteiger partial charge in [-0.3, -0.25) is 57.5 Å². The van der Waals surface area contributed by atoms with Crippen LogP contribution in [0.3, 0.4) is 0 Å². The fraction of sp³-hybridized carbons (Fsp3) is 0.696. The van der Waals surface area contributed by atoms with E-state index in [1.54, 1.807) is 11.8 Å². The van der Waals surface area contributed by atoms with Crippen molar-refractivity contribution >= 4 is 70.9 Å². The van der Waals surface area contributed by atoms with Crippen molar-refractivity contribution in [1.29, 1.82) is 0 Å². The molecule has 4 fully saturated rings. The molecule has 2 aromatic rings. The first-order valence-corrected chi connectivity index (χ1v) is 39.0. The van der Waals surface area contributed by atoms with Gasteiger partial charge in [-0.25, -0.2) is 4.39 Å². The molecule has 3 heterocycles. The first-order valence-electron chi connectivity index (χ1n) is 39.0. The lowest BCUT2D eigenvalue weighted by atomic mass is 9.84. The summed E-state index contributed by atoms with van der Waals surface area (Å²) in [7, 11) is 9.83. The van der Waals surface area contributed by atoms with E-state index in [0.29, 0.717) is 37.2 Å². The third kappa shape index (κ3) is 27.1. The molecule has 0 bridgehead atoms. The van der Waals surface area contributed by atoms with Crippen LogP contribution < -0.4 is 20.7 Å². The Morgan fingerprint density at radius 1 is 0.613 bits per heavy atom. The molecule has 2 unspecified atom stereocenters. The maximum atomic E-state index is 15.3. The van der Waals surface area contributed by atoms with Crippen molar-refractivity contribution < 1.29 is 93.4 Å².